The summed E-state index contributed by atoms with van der Waals surface area (Å²) in [5.74, 6) is 0.800. The molecule has 0 heterocycles. The van der Waals surface area contributed by atoms with E-state index in [1.165, 1.54) is 6.42 Å². The molecule has 1 saturated carbocycles. The van der Waals surface area contributed by atoms with Crippen molar-refractivity contribution in [3.63, 3.8) is 0 Å². The smallest absolute Gasteiger partial charge is 0.254 e. The van der Waals surface area contributed by atoms with E-state index in [0.717, 1.165) is 42.5 Å². The van der Waals surface area contributed by atoms with Crippen LogP contribution in [-0.2, 0) is 0 Å². The van der Waals surface area contributed by atoms with Gasteiger partial charge in [0.15, 0.2) is 0 Å². The molecular weight excluding hydrogens is 258 g/mol. The van der Waals surface area contributed by atoms with Crippen LogP contribution in [0.25, 0.3) is 0 Å². The maximum atomic E-state index is 12.8. The van der Waals surface area contributed by atoms with E-state index in [2.05, 4.69) is 0 Å². The quantitative estimate of drug-likeness (QED) is 0.748. The number of nitrogens with zero attached hydrogens (tertiary/aromatic N) is 1. The summed E-state index contributed by atoms with van der Waals surface area (Å²) in [6.07, 6.45) is 4.38. The highest BCUT2D eigenvalue weighted by molar-refractivity contribution is 6.17. The first-order valence-electron chi connectivity index (χ1n) is 7.08. The molecule has 0 bridgehead atoms. The molecule has 0 atom stereocenters. The van der Waals surface area contributed by atoms with Crippen molar-refractivity contribution >= 4 is 17.5 Å². The van der Waals surface area contributed by atoms with Crippen molar-refractivity contribution in [3.8, 4) is 0 Å². The number of alkyl halides is 1. The molecule has 1 aromatic carbocycles. The minimum absolute atomic E-state index is 0.186. The van der Waals surface area contributed by atoms with E-state index in [9.17, 15) is 4.79 Å². The second kappa shape index (κ2) is 6.42. The fourth-order valence-electron chi connectivity index (χ4n) is 2.67. The highest BCUT2D eigenvalue weighted by atomic mass is 35.5. The van der Waals surface area contributed by atoms with Crippen LogP contribution in [0.1, 0.15) is 47.2 Å². The number of carbonyl (C=O) groups excluding carboxylic acids is 1. The van der Waals surface area contributed by atoms with E-state index in [4.69, 9.17) is 11.6 Å². The van der Waals surface area contributed by atoms with Crippen LogP contribution in [0, 0.1) is 13.8 Å². The van der Waals surface area contributed by atoms with E-state index in [0.29, 0.717) is 11.9 Å². The van der Waals surface area contributed by atoms with Gasteiger partial charge in [-0.1, -0.05) is 18.2 Å². The Bertz CT molecular complexity index is 434. The van der Waals surface area contributed by atoms with Gasteiger partial charge in [0.05, 0.1) is 0 Å². The van der Waals surface area contributed by atoms with Crippen molar-refractivity contribution in [1.29, 1.82) is 0 Å². The first kappa shape index (κ1) is 14.4. The van der Waals surface area contributed by atoms with Crippen LogP contribution in [0.15, 0.2) is 18.2 Å². The average Bonchev–Trinajstić information content (AvgIpc) is 2.31. The molecule has 1 aromatic rings. The number of hydrogen-bond acceptors (Lipinski definition) is 1. The van der Waals surface area contributed by atoms with Gasteiger partial charge in [-0.2, -0.15) is 0 Å². The van der Waals surface area contributed by atoms with Crippen LogP contribution in [0.4, 0.5) is 0 Å². The van der Waals surface area contributed by atoms with Crippen molar-refractivity contribution in [2.24, 2.45) is 0 Å². The Hall–Kier alpha value is -1.02. The molecule has 104 valence electrons. The Morgan fingerprint density at radius 2 is 1.95 bits per heavy atom. The monoisotopic (exact) mass is 279 g/mol. The summed E-state index contributed by atoms with van der Waals surface area (Å²) in [6.45, 7) is 4.81. The second-order valence-corrected chi connectivity index (χ2v) is 5.77. The van der Waals surface area contributed by atoms with Crippen LogP contribution < -0.4 is 0 Å². The van der Waals surface area contributed by atoms with Gasteiger partial charge in [-0.25, -0.2) is 0 Å². The lowest BCUT2D eigenvalue weighted by Crippen LogP contribution is -2.45. The largest absolute Gasteiger partial charge is 0.336 e. The predicted octanol–water partition coefficient (Wildman–Crippen LogP) is 3.93. The second-order valence-electron chi connectivity index (χ2n) is 5.39. The molecular formula is C16H22ClNO. The summed E-state index contributed by atoms with van der Waals surface area (Å²) >= 11 is 5.79. The first-order chi connectivity index (χ1) is 9.15. The van der Waals surface area contributed by atoms with Crippen molar-refractivity contribution in [1.82, 2.24) is 4.90 Å². The molecule has 0 aliphatic heterocycles. The molecule has 1 fully saturated rings. The molecule has 0 unspecified atom stereocenters. The van der Waals surface area contributed by atoms with E-state index >= 15 is 0 Å². The molecule has 0 spiro atoms. The van der Waals surface area contributed by atoms with Crippen LogP contribution >= 0.6 is 11.6 Å². The number of halogens is 1. The van der Waals surface area contributed by atoms with Gasteiger partial charge in [-0.3, -0.25) is 4.79 Å². The van der Waals surface area contributed by atoms with Crippen molar-refractivity contribution in [3.05, 3.63) is 34.9 Å². The van der Waals surface area contributed by atoms with Gasteiger partial charge in [-0.05, 0) is 50.7 Å². The summed E-state index contributed by atoms with van der Waals surface area (Å²) in [6, 6.07) is 6.46. The highest BCUT2D eigenvalue weighted by Gasteiger charge is 2.30. The Kier molecular flexibility index (Phi) is 4.87. The molecule has 0 N–H and O–H groups in total. The number of benzene rings is 1. The standard InChI is InChI=1S/C16H22ClNO/c1-12-6-3-7-13(2)15(12)16(19)18(11-5-10-17)14-8-4-9-14/h3,6-7,14H,4-5,8-11H2,1-2H3. The zero-order valence-corrected chi connectivity index (χ0v) is 12.5. The van der Waals surface area contributed by atoms with Crippen LogP contribution in [0.2, 0.25) is 0 Å². The molecule has 0 saturated heterocycles. The zero-order valence-electron chi connectivity index (χ0n) is 11.8. The van der Waals surface area contributed by atoms with E-state index < -0.39 is 0 Å². The Balaban J connectivity index is 2.22. The first-order valence-corrected chi connectivity index (χ1v) is 7.61. The third-order valence-corrected chi connectivity index (χ3v) is 4.27. The third kappa shape index (κ3) is 3.11. The maximum absolute atomic E-state index is 12.8. The van der Waals surface area contributed by atoms with Crippen molar-refractivity contribution in [2.45, 2.75) is 45.6 Å². The zero-order chi connectivity index (χ0) is 13.8. The fourth-order valence-corrected chi connectivity index (χ4v) is 2.79. The molecule has 1 aliphatic rings. The van der Waals surface area contributed by atoms with Crippen molar-refractivity contribution < 1.29 is 4.79 Å². The lowest BCUT2D eigenvalue weighted by Gasteiger charge is -2.38. The topological polar surface area (TPSA) is 20.3 Å². The van der Waals surface area contributed by atoms with Gasteiger partial charge in [0.25, 0.3) is 5.91 Å². The lowest BCUT2D eigenvalue weighted by molar-refractivity contribution is 0.0579. The number of carbonyl (C=O) groups is 1. The van der Waals surface area contributed by atoms with Gasteiger partial charge in [0.2, 0.25) is 0 Å². The molecule has 0 aromatic heterocycles. The van der Waals surface area contributed by atoms with Crippen LogP contribution in [-0.4, -0.2) is 29.3 Å². The van der Waals surface area contributed by atoms with Gasteiger partial charge >= 0.3 is 0 Å². The van der Waals surface area contributed by atoms with Gasteiger partial charge in [0, 0.05) is 24.0 Å². The normalized spacial score (nSPS) is 15.1. The number of rotatable bonds is 5. The third-order valence-electron chi connectivity index (χ3n) is 4.00. The van der Waals surface area contributed by atoms with Crippen LogP contribution in [0.5, 0.6) is 0 Å². The highest BCUT2D eigenvalue weighted by Crippen LogP contribution is 2.28. The molecule has 3 heteroatoms. The maximum Gasteiger partial charge on any atom is 0.254 e. The summed E-state index contributed by atoms with van der Waals surface area (Å²) in [5, 5.41) is 0. The van der Waals surface area contributed by atoms with Gasteiger partial charge < -0.3 is 4.90 Å². The van der Waals surface area contributed by atoms with Gasteiger partial charge in [-0.15, -0.1) is 11.6 Å². The van der Waals surface area contributed by atoms with Crippen molar-refractivity contribution in [2.75, 3.05) is 12.4 Å². The molecule has 1 aliphatic carbocycles. The summed E-state index contributed by atoms with van der Waals surface area (Å²) < 4.78 is 0. The van der Waals surface area contributed by atoms with Crippen LogP contribution in [0.3, 0.4) is 0 Å². The number of hydrogen-bond donors (Lipinski definition) is 0. The van der Waals surface area contributed by atoms with E-state index in [1.807, 2.05) is 36.9 Å². The summed E-state index contributed by atoms with van der Waals surface area (Å²) in [5.41, 5.74) is 3.02. The predicted molar refractivity (Wildman–Crippen MR) is 79.9 cm³/mol. The molecule has 2 rings (SSSR count). The number of aryl methyl sites for hydroxylation is 2. The average molecular weight is 280 g/mol. The molecule has 19 heavy (non-hydrogen) atoms. The molecule has 2 nitrogen and oxygen atoms in total. The molecule has 1 amide bonds. The minimum atomic E-state index is 0.186. The van der Waals surface area contributed by atoms with E-state index in [-0.39, 0.29) is 5.91 Å². The Morgan fingerprint density at radius 3 is 2.42 bits per heavy atom. The fraction of sp³-hybridized carbons (Fsp3) is 0.562. The lowest BCUT2D eigenvalue weighted by atomic mass is 9.90. The Morgan fingerprint density at radius 1 is 1.32 bits per heavy atom. The summed E-state index contributed by atoms with van der Waals surface area (Å²) in [7, 11) is 0. The summed E-state index contributed by atoms with van der Waals surface area (Å²) in [4.78, 5) is 14.9. The molecule has 0 radical (unpaired) electrons. The van der Waals surface area contributed by atoms with Gasteiger partial charge in [0.1, 0.15) is 0 Å². The Labute approximate surface area is 120 Å². The number of amides is 1. The SMILES string of the molecule is Cc1cccc(C)c1C(=O)N(CCCCl)C1CCC1. The van der Waals surface area contributed by atoms with E-state index in [1.54, 1.807) is 0 Å². The minimum Gasteiger partial charge on any atom is -0.336 e.